The molecule has 0 spiro atoms. The molecule has 0 radical (unpaired) electrons. The summed E-state index contributed by atoms with van der Waals surface area (Å²) in [6, 6.07) is 27.2. The van der Waals surface area contributed by atoms with Crippen molar-refractivity contribution in [1.29, 1.82) is 0 Å². The first kappa shape index (κ1) is 18.5. The van der Waals surface area contributed by atoms with Gasteiger partial charge in [0.25, 0.3) is 0 Å². The summed E-state index contributed by atoms with van der Waals surface area (Å²) in [5, 5.41) is 10.0. The van der Waals surface area contributed by atoms with E-state index in [1.165, 1.54) is 10.8 Å². The Morgan fingerprint density at radius 2 is 1.24 bits per heavy atom. The van der Waals surface area contributed by atoms with Gasteiger partial charge in [0, 0.05) is 5.56 Å². The summed E-state index contributed by atoms with van der Waals surface area (Å²) < 4.78 is 0. The van der Waals surface area contributed by atoms with Gasteiger partial charge in [-0.3, -0.25) is 5.10 Å². The summed E-state index contributed by atoms with van der Waals surface area (Å²) in [4.78, 5) is 0. The first-order valence-electron chi connectivity index (χ1n) is 9.00. The maximum absolute atomic E-state index is 4.44. The van der Waals surface area contributed by atoms with Gasteiger partial charge in [-0.05, 0) is 28.5 Å². The van der Waals surface area contributed by atoms with Gasteiger partial charge in [0.15, 0.2) is 0 Å². The smallest absolute Gasteiger partial charge is 0.0927 e. The summed E-state index contributed by atoms with van der Waals surface area (Å²) in [5.74, 6) is 0. The molecule has 1 N–H and O–H groups in total. The summed E-state index contributed by atoms with van der Waals surface area (Å²) in [7, 11) is 0. The van der Waals surface area contributed by atoms with Crippen LogP contribution in [0, 0.1) is 0 Å². The van der Waals surface area contributed by atoms with E-state index in [-0.39, 0.29) is 0 Å². The second kappa shape index (κ2) is 9.43. The van der Waals surface area contributed by atoms with Gasteiger partial charge in [-0.25, -0.2) is 0 Å². The Morgan fingerprint density at radius 1 is 0.600 bits per heavy atom. The Hall–Kier alpha value is -2.87. The molecule has 0 saturated carbocycles. The minimum atomic E-state index is 0.972. The van der Waals surface area contributed by atoms with Crippen LogP contribution in [-0.4, -0.2) is 10.2 Å². The lowest BCUT2D eigenvalue weighted by molar-refractivity contribution is 1.10. The van der Waals surface area contributed by atoms with Crippen molar-refractivity contribution in [2.75, 3.05) is 0 Å². The molecule has 0 aliphatic rings. The number of hydrogen-bond acceptors (Lipinski definition) is 1. The van der Waals surface area contributed by atoms with E-state index in [0.717, 1.165) is 22.5 Å². The number of aromatic amines is 1. The number of aromatic nitrogens is 2. The van der Waals surface area contributed by atoms with Crippen LogP contribution in [0.2, 0.25) is 0 Å². The van der Waals surface area contributed by atoms with Gasteiger partial charge >= 0.3 is 0 Å². The van der Waals surface area contributed by atoms with Gasteiger partial charge in [0.2, 0.25) is 0 Å². The molecule has 1 aromatic heterocycles. The first-order valence-corrected chi connectivity index (χ1v) is 9.00. The van der Waals surface area contributed by atoms with Crippen molar-refractivity contribution in [1.82, 2.24) is 10.2 Å². The topological polar surface area (TPSA) is 28.7 Å². The van der Waals surface area contributed by atoms with Crippen molar-refractivity contribution in [3.8, 4) is 22.5 Å². The summed E-state index contributed by atoms with van der Waals surface area (Å²) >= 11 is 0. The maximum Gasteiger partial charge on any atom is 0.0927 e. The van der Waals surface area contributed by atoms with E-state index in [9.17, 15) is 0 Å². The quantitative estimate of drug-likeness (QED) is 0.423. The van der Waals surface area contributed by atoms with Crippen LogP contribution < -0.4 is 0 Å². The molecule has 0 atom stereocenters. The third kappa shape index (κ3) is 4.36. The van der Waals surface area contributed by atoms with Gasteiger partial charge in [0.1, 0.15) is 0 Å². The van der Waals surface area contributed by atoms with E-state index in [4.69, 9.17) is 0 Å². The van der Waals surface area contributed by atoms with Gasteiger partial charge < -0.3 is 0 Å². The third-order valence-electron chi connectivity index (χ3n) is 3.71. The number of hydrogen-bond donors (Lipinski definition) is 1. The van der Waals surface area contributed by atoms with Crippen LogP contribution in [-0.2, 0) is 0 Å². The molecule has 0 aliphatic carbocycles. The predicted octanol–water partition coefficient (Wildman–Crippen LogP) is 6.95. The summed E-state index contributed by atoms with van der Waals surface area (Å²) in [6.07, 6.45) is 0. The monoisotopic (exact) mass is 330 g/mol. The van der Waals surface area contributed by atoms with Crippen LogP contribution in [0.4, 0.5) is 0 Å². The van der Waals surface area contributed by atoms with Gasteiger partial charge in [-0.15, -0.1) is 0 Å². The second-order valence-electron chi connectivity index (χ2n) is 5.09. The van der Waals surface area contributed by atoms with E-state index >= 15 is 0 Å². The van der Waals surface area contributed by atoms with Crippen molar-refractivity contribution in [3.63, 3.8) is 0 Å². The Kier molecular flexibility index (Phi) is 6.97. The Bertz CT molecular complexity index is 892. The second-order valence-corrected chi connectivity index (χ2v) is 5.09. The van der Waals surface area contributed by atoms with Gasteiger partial charge in [-0.1, -0.05) is 94.4 Å². The summed E-state index contributed by atoms with van der Waals surface area (Å²) in [5.41, 5.74) is 4.29. The molecule has 0 unspecified atom stereocenters. The molecular weight excluding hydrogens is 304 g/mol. The highest BCUT2D eigenvalue weighted by molar-refractivity contribution is 5.87. The Balaban J connectivity index is 0.000000528. The van der Waals surface area contributed by atoms with E-state index in [0.29, 0.717) is 0 Å². The van der Waals surface area contributed by atoms with Crippen molar-refractivity contribution < 1.29 is 0 Å². The maximum atomic E-state index is 4.44. The number of fused-ring (bicyclic) bond motifs is 1. The zero-order valence-corrected chi connectivity index (χ0v) is 15.5. The third-order valence-corrected chi connectivity index (χ3v) is 3.71. The molecule has 0 fully saturated rings. The molecule has 2 heteroatoms. The fraction of sp³-hybridized carbons (Fsp3) is 0.174. The molecule has 3 aromatic carbocycles. The molecule has 128 valence electrons. The minimum absolute atomic E-state index is 0.972. The fourth-order valence-corrected chi connectivity index (χ4v) is 2.58. The van der Waals surface area contributed by atoms with E-state index < -0.39 is 0 Å². The van der Waals surface area contributed by atoms with Gasteiger partial charge in [-0.2, -0.15) is 5.10 Å². The highest BCUT2D eigenvalue weighted by Gasteiger charge is 2.06. The van der Waals surface area contributed by atoms with E-state index in [2.05, 4.69) is 70.9 Å². The van der Waals surface area contributed by atoms with Gasteiger partial charge in [0.05, 0.1) is 11.4 Å². The van der Waals surface area contributed by atoms with Crippen LogP contribution in [0.1, 0.15) is 27.7 Å². The van der Waals surface area contributed by atoms with E-state index in [1.54, 1.807) is 0 Å². The summed E-state index contributed by atoms with van der Waals surface area (Å²) in [6.45, 7) is 8.00. The standard InChI is InChI=1S/C19H14N2.2C2H6/c1-2-7-15(8-3-1)18-13-19(21-20-18)17-11-10-14-6-4-5-9-16(14)12-17;2*1-2/h1-13H,(H,20,21);2*1-2H3. The average Bonchev–Trinajstić information content (AvgIpc) is 3.22. The molecular formula is C23H26N2. The lowest BCUT2D eigenvalue weighted by atomic mass is 10.0. The molecule has 4 aromatic rings. The number of nitrogens with zero attached hydrogens (tertiary/aromatic N) is 1. The molecule has 25 heavy (non-hydrogen) atoms. The van der Waals surface area contributed by atoms with Crippen molar-refractivity contribution in [2.45, 2.75) is 27.7 Å². The van der Waals surface area contributed by atoms with Crippen LogP contribution in [0.15, 0.2) is 78.9 Å². The molecule has 0 aliphatic heterocycles. The molecule has 0 saturated heterocycles. The first-order chi connectivity index (χ1) is 12.4. The number of rotatable bonds is 2. The normalized spacial score (nSPS) is 9.60. The molecule has 1 heterocycles. The largest absolute Gasteiger partial charge is 0.277 e. The van der Waals surface area contributed by atoms with Crippen LogP contribution >= 0.6 is 0 Å². The van der Waals surface area contributed by atoms with Crippen molar-refractivity contribution in [3.05, 3.63) is 78.9 Å². The molecule has 0 amide bonds. The SMILES string of the molecule is CC.CC.c1ccc(-c2cc(-c3ccc4ccccc4c3)n[nH]2)cc1. The fourth-order valence-electron chi connectivity index (χ4n) is 2.58. The molecule has 2 nitrogen and oxygen atoms in total. The lowest BCUT2D eigenvalue weighted by Crippen LogP contribution is -1.79. The minimum Gasteiger partial charge on any atom is -0.277 e. The highest BCUT2D eigenvalue weighted by Crippen LogP contribution is 2.26. The zero-order valence-electron chi connectivity index (χ0n) is 15.5. The Morgan fingerprint density at radius 3 is 1.96 bits per heavy atom. The number of H-pyrrole nitrogens is 1. The van der Waals surface area contributed by atoms with E-state index in [1.807, 2.05) is 45.9 Å². The highest BCUT2D eigenvalue weighted by atomic mass is 15.1. The zero-order chi connectivity index (χ0) is 18.1. The van der Waals surface area contributed by atoms with Crippen molar-refractivity contribution in [2.24, 2.45) is 0 Å². The van der Waals surface area contributed by atoms with Crippen LogP contribution in [0.25, 0.3) is 33.3 Å². The molecule has 4 rings (SSSR count). The average molecular weight is 330 g/mol. The predicted molar refractivity (Wildman–Crippen MR) is 110 cm³/mol. The number of benzene rings is 3. The van der Waals surface area contributed by atoms with Crippen molar-refractivity contribution >= 4 is 10.8 Å². The van der Waals surface area contributed by atoms with Crippen LogP contribution in [0.3, 0.4) is 0 Å². The Labute approximate surface area is 150 Å². The number of nitrogens with one attached hydrogen (secondary N) is 1. The molecule has 0 bridgehead atoms. The van der Waals surface area contributed by atoms with Crippen LogP contribution in [0.5, 0.6) is 0 Å². The lowest BCUT2D eigenvalue weighted by Gasteiger charge is -2.00.